The SMILES string of the molecule is COc1cc2ncnc(C(=O)c3ccc(Oc4ccccc4)cc3)c2cc1OC. The molecule has 6 nitrogen and oxygen atoms in total. The fourth-order valence-corrected chi connectivity index (χ4v) is 3.00. The van der Waals surface area contributed by atoms with Crippen LogP contribution in [0.1, 0.15) is 16.1 Å². The Hall–Kier alpha value is -3.93. The molecule has 0 saturated carbocycles. The Kier molecular flexibility index (Phi) is 5.07. The van der Waals surface area contributed by atoms with Gasteiger partial charge in [-0.1, -0.05) is 18.2 Å². The number of rotatable bonds is 6. The molecule has 144 valence electrons. The Labute approximate surface area is 167 Å². The highest BCUT2D eigenvalue weighted by Crippen LogP contribution is 2.33. The Morgan fingerprint density at radius 1 is 0.793 bits per heavy atom. The summed E-state index contributed by atoms with van der Waals surface area (Å²) < 4.78 is 16.4. The highest BCUT2D eigenvalue weighted by Gasteiger charge is 2.17. The molecule has 0 aliphatic carbocycles. The van der Waals surface area contributed by atoms with Crippen molar-refractivity contribution in [2.24, 2.45) is 0 Å². The predicted molar refractivity (Wildman–Crippen MR) is 109 cm³/mol. The molecule has 4 aromatic rings. The third-order valence-corrected chi connectivity index (χ3v) is 4.45. The topological polar surface area (TPSA) is 70.5 Å². The van der Waals surface area contributed by atoms with Gasteiger partial charge in [-0.15, -0.1) is 0 Å². The highest BCUT2D eigenvalue weighted by atomic mass is 16.5. The molecule has 0 aliphatic heterocycles. The first-order valence-corrected chi connectivity index (χ1v) is 8.94. The molecule has 0 atom stereocenters. The average molecular weight is 386 g/mol. The van der Waals surface area contributed by atoms with Gasteiger partial charge < -0.3 is 14.2 Å². The van der Waals surface area contributed by atoms with Gasteiger partial charge in [-0.2, -0.15) is 0 Å². The number of fused-ring (bicyclic) bond motifs is 1. The van der Waals surface area contributed by atoms with Crippen LogP contribution in [0.5, 0.6) is 23.0 Å². The van der Waals surface area contributed by atoms with Gasteiger partial charge in [0.1, 0.15) is 23.5 Å². The van der Waals surface area contributed by atoms with Crippen LogP contribution in [0.2, 0.25) is 0 Å². The molecule has 0 amide bonds. The summed E-state index contributed by atoms with van der Waals surface area (Å²) >= 11 is 0. The first-order valence-electron chi connectivity index (χ1n) is 8.94. The van der Waals surface area contributed by atoms with E-state index < -0.39 is 0 Å². The summed E-state index contributed by atoms with van der Waals surface area (Å²) in [6.45, 7) is 0. The number of benzene rings is 3. The third kappa shape index (κ3) is 3.73. The van der Waals surface area contributed by atoms with Crippen molar-refractivity contribution in [2.45, 2.75) is 0 Å². The van der Waals surface area contributed by atoms with Crippen LogP contribution in [0.15, 0.2) is 73.1 Å². The van der Waals surface area contributed by atoms with Crippen molar-refractivity contribution in [3.63, 3.8) is 0 Å². The van der Waals surface area contributed by atoms with Crippen LogP contribution in [0.3, 0.4) is 0 Å². The number of ketones is 1. The number of carbonyl (C=O) groups is 1. The van der Waals surface area contributed by atoms with Gasteiger partial charge in [0.25, 0.3) is 0 Å². The number of hydrogen-bond donors (Lipinski definition) is 0. The number of para-hydroxylation sites is 1. The van der Waals surface area contributed by atoms with E-state index in [0.717, 1.165) is 5.75 Å². The fraction of sp³-hybridized carbons (Fsp3) is 0.0870. The molecule has 1 aromatic heterocycles. The minimum atomic E-state index is -0.212. The molecule has 0 spiro atoms. The molecule has 0 aliphatic rings. The zero-order valence-electron chi connectivity index (χ0n) is 16.0. The summed E-state index contributed by atoms with van der Waals surface area (Å²) in [5.74, 6) is 2.21. The molecule has 0 saturated heterocycles. The summed E-state index contributed by atoms with van der Waals surface area (Å²) in [7, 11) is 3.09. The van der Waals surface area contributed by atoms with E-state index in [4.69, 9.17) is 14.2 Å². The van der Waals surface area contributed by atoms with Gasteiger partial charge in [-0.3, -0.25) is 4.79 Å². The minimum absolute atomic E-state index is 0.212. The van der Waals surface area contributed by atoms with Crippen LogP contribution in [0.4, 0.5) is 0 Å². The predicted octanol–water partition coefficient (Wildman–Crippen LogP) is 4.67. The average Bonchev–Trinajstić information content (AvgIpc) is 2.78. The molecule has 0 unspecified atom stereocenters. The first kappa shape index (κ1) is 18.4. The maximum atomic E-state index is 13.1. The van der Waals surface area contributed by atoms with E-state index in [0.29, 0.717) is 39.4 Å². The normalized spacial score (nSPS) is 10.6. The van der Waals surface area contributed by atoms with Crippen molar-refractivity contribution in [1.82, 2.24) is 9.97 Å². The van der Waals surface area contributed by atoms with E-state index in [1.54, 1.807) is 50.6 Å². The molecule has 0 radical (unpaired) electrons. The largest absolute Gasteiger partial charge is 0.493 e. The van der Waals surface area contributed by atoms with Crippen LogP contribution in [0.25, 0.3) is 10.9 Å². The minimum Gasteiger partial charge on any atom is -0.493 e. The van der Waals surface area contributed by atoms with Gasteiger partial charge in [-0.05, 0) is 42.5 Å². The van der Waals surface area contributed by atoms with Gasteiger partial charge in [0.15, 0.2) is 11.5 Å². The van der Waals surface area contributed by atoms with Gasteiger partial charge in [0, 0.05) is 17.0 Å². The fourth-order valence-electron chi connectivity index (χ4n) is 3.00. The van der Waals surface area contributed by atoms with Crippen LogP contribution < -0.4 is 14.2 Å². The van der Waals surface area contributed by atoms with Gasteiger partial charge in [0.05, 0.1) is 19.7 Å². The molecule has 29 heavy (non-hydrogen) atoms. The zero-order chi connectivity index (χ0) is 20.2. The van der Waals surface area contributed by atoms with Crippen molar-refractivity contribution >= 4 is 16.7 Å². The Balaban J connectivity index is 1.66. The number of methoxy groups -OCH3 is 2. The third-order valence-electron chi connectivity index (χ3n) is 4.45. The van der Waals surface area contributed by atoms with Crippen LogP contribution >= 0.6 is 0 Å². The van der Waals surface area contributed by atoms with Crippen molar-refractivity contribution in [3.8, 4) is 23.0 Å². The van der Waals surface area contributed by atoms with Crippen LogP contribution in [-0.4, -0.2) is 30.0 Å². The van der Waals surface area contributed by atoms with E-state index in [1.807, 2.05) is 30.3 Å². The smallest absolute Gasteiger partial charge is 0.212 e. The molecule has 3 aromatic carbocycles. The van der Waals surface area contributed by atoms with Crippen molar-refractivity contribution in [3.05, 3.63) is 84.3 Å². The summed E-state index contributed by atoms with van der Waals surface area (Å²) in [6.07, 6.45) is 1.37. The van der Waals surface area contributed by atoms with Gasteiger partial charge in [-0.25, -0.2) is 9.97 Å². The number of carbonyl (C=O) groups excluding carboxylic acids is 1. The quantitative estimate of drug-likeness (QED) is 0.449. The molecule has 4 rings (SSSR count). The molecule has 0 N–H and O–H groups in total. The molecule has 1 heterocycles. The molecular formula is C23H18N2O4. The number of ether oxygens (including phenoxy) is 3. The van der Waals surface area contributed by atoms with Crippen LogP contribution in [0, 0.1) is 0 Å². The van der Waals surface area contributed by atoms with Gasteiger partial charge >= 0.3 is 0 Å². The van der Waals surface area contributed by atoms with Crippen LogP contribution in [-0.2, 0) is 0 Å². The second kappa shape index (κ2) is 7.98. The lowest BCUT2D eigenvalue weighted by atomic mass is 10.0. The second-order valence-electron chi connectivity index (χ2n) is 6.22. The van der Waals surface area contributed by atoms with Crippen molar-refractivity contribution < 1.29 is 19.0 Å². The molecule has 6 heteroatoms. The Morgan fingerprint density at radius 2 is 1.45 bits per heavy atom. The molecule has 0 fully saturated rings. The standard InChI is InChI=1S/C23H18N2O4/c1-27-20-12-18-19(13-21(20)28-2)24-14-25-22(18)23(26)15-8-10-17(11-9-15)29-16-6-4-3-5-7-16/h3-14H,1-2H3. The Morgan fingerprint density at radius 3 is 2.14 bits per heavy atom. The van der Waals surface area contributed by atoms with E-state index in [9.17, 15) is 4.79 Å². The van der Waals surface area contributed by atoms with Crippen molar-refractivity contribution in [2.75, 3.05) is 14.2 Å². The van der Waals surface area contributed by atoms with E-state index in [2.05, 4.69) is 9.97 Å². The lowest BCUT2D eigenvalue weighted by Crippen LogP contribution is -2.06. The monoisotopic (exact) mass is 386 g/mol. The zero-order valence-corrected chi connectivity index (χ0v) is 16.0. The molecular weight excluding hydrogens is 368 g/mol. The van der Waals surface area contributed by atoms with E-state index in [1.165, 1.54) is 6.33 Å². The molecule has 0 bridgehead atoms. The van der Waals surface area contributed by atoms with E-state index >= 15 is 0 Å². The lowest BCUT2D eigenvalue weighted by molar-refractivity contribution is 0.103. The van der Waals surface area contributed by atoms with Crippen molar-refractivity contribution in [1.29, 1.82) is 0 Å². The van der Waals surface area contributed by atoms with E-state index in [-0.39, 0.29) is 5.78 Å². The summed E-state index contributed by atoms with van der Waals surface area (Å²) in [5.41, 5.74) is 1.40. The Bertz CT molecular complexity index is 1160. The summed E-state index contributed by atoms with van der Waals surface area (Å²) in [4.78, 5) is 21.5. The maximum absolute atomic E-state index is 13.1. The highest BCUT2D eigenvalue weighted by molar-refractivity contribution is 6.14. The maximum Gasteiger partial charge on any atom is 0.212 e. The summed E-state index contributed by atoms with van der Waals surface area (Å²) in [6, 6.07) is 19.9. The number of hydrogen-bond acceptors (Lipinski definition) is 6. The van der Waals surface area contributed by atoms with Gasteiger partial charge in [0.2, 0.25) is 5.78 Å². The first-order chi connectivity index (χ1) is 14.2. The lowest BCUT2D eigenvalue weighted by Gasteiger charge is -2.11. The summed E-state index contributed by atoms with van der Waals surface area (Å²) in [5, 5.41) is 0.597. The number of aromatic nitrogens is 2. The number of nitrogens with zero attached hydrogens (tertiary/aromatic N) is 2. The second-order valence-corrected chi connectivity index (χ2v) is 6.22.